The Morgan fingerprint density at radius 2 is 1.89 bits per heavy atom. The molecular weight excluding hydrogens is 390 g/mol. The third kappa shape index (κ3) is 5.19. The van der Waals surface area contributed by atoms with Gasteiger partial charge in [-0.3, -0.25) is 4.68 Å². The van der Waals surface area contributed by atoms with Gasteiger partial charge < -0.3 is 10.1 Å². The topological polar surface area (TPSA) is 89.3 Å². The summed E-state index contributed by atoms with van der Waals surface area (Å²) in [5.74, 6) is 1.84. The zero-order chi connectivity index (χ0) is 18.6. The van der Waals surface area contributed by atoms with Gasteiger partial charge in [0, 0.05) is 20.1 Å². The van der Waals surface area contributed by atoms with E-state index in [-0.39, 0.29) is 19.0 Å². The van der Waals surface area contributed by atoms with Crippen LogP contribution in [0, 0.1) is 5.92 Å². The van der Waals surface area contributed by atoms with Crippen molar-refractivity contribution < 1.29 is 13.2 Å². The van der Waals surface area contributed by atoms with Crippen molar-refractivity contribution in [2.75, 3.05) is 26.7 Å². The fourth-order valence-electron chi connectivity index (χ4n) is 3.10. The second-order valence-corrected chi connectivity index (χ2v) is 8.40. The summed E-state index contributed by atoms with van der Waals surface area (Å²) in [7, 11) is 0.269. The second-order valence-electron chi connectivity index (χ2n) is 6.47. The fourth-order valence-corrected chi connectivity index (χ4v) is 4.57. The number of rotatable bonds is 7. The molecule has 1 aromatic carbocycles. The summed E-state index contributed by atoms with van der Waals surface area (Å²) < 4.78 is 34.5. The molecular formula is C17H26ClN5O3S. The van der Waals surface area contributed by atoms with Gasteiger partial charge in [-0.1, -0.05) is 0 Å². The Labute approximate surface area is 166 Å². The van der Waals surface area contributed by atoms with Gasteiger partial charge in [0.2, 0.25) is 10.0 Å². The van der Waals surface area contributed by atoms with Crippen molar-refractivity contribution in [3.63, 3.8) is 0 Å². The van der Waals surface area contributed by atoms with E-state index in [9.17, 15) is 8.42 Å². The lowest BCUT2D eigenvalue weighted by atomic mass is 9.98. The minimum Gasteiger partial charge on any atom is -0.486 e. The second kappa shape index (κ2) is 9.50. The van der Waals surface area contributed by atoms with Gasteiger partial charge in [-0.15, -0.1) is 12.4 Å². The van der Waals surface area contributed by atoms with Crippen molar-refractivity contribution in [2.45, 2.75) is 24.3 Å². The molecule has 27 heavy (non-hydrogen) atoms. The van der Waals surface area contributed by atoms with Crippen LogP contribution in [0.4, 0.5) is 0 Å². The molecule has 1 aromatic heterocycles. The Kier molecular flexibility index (Phi) is 7.60. The molecule has 10 heteroatoms. The molecule has 0 amide bonds. The highest BCUT2D eigenvalue weighted by Gasteiger charge is 2.29. The van der Waals surface area contributed by atoms with Gasteiger partial charge in [-0.2, -0.15) is 9.40 Å². The molecule has 0 spiro atoms. The average molecular weight is 416 g/mol. The van der Waals surface area contributed by atoms with E-state index in [2.05, 4.69) is 15.4 Å². The first-order valence-electron chi connectivity index (χ1n) is 8.71. The van der Waals surface area contributed by atoms with Crippen LogP contribution in [0.25, 0.3) is 0 Å². The Hall–Kier alpha value is -1.68. The molecule has 0 aliphatic carbocycles. The maximum Gasteiger partial charge on any atom is 0.243 e. The molecule has 150 valence electrons. The zero-order valence-electron chi connectivity index (χ0n) is 15.5. The number of sulfonamides is 1. The molecule has 0 atom stereocenters. The van der Waals surface area contributed by atoms with Gasteiger partial charge >= 0.3 is 0 Å². The summed E-state index contributed by atoms with van der Waals surface area (Å²) in [5, 5.41) is 7.14. The molecule has 1 aliphatic rings. The molecule has 8 nitrogen and oxygen atoms in total. The molecule has 0 saturated carbocycles. The van der Waals surface area contributed by atoms with Gasteiger partial charge in [-0.05, 0) is 56.6 Å². The predicted octanol–water partition coefficient (Wildman–Crippen LogP) is 1.44. The van der Waals surface area contributed by atoms with E-state index >= 15 is 0 Å². The van der Waals surface area contributed by atoms with Gasteiger partial charge in [0.05, 0.1) is 4.90 Å². The molecule has 1 aliphatic heterocycles. The van der Waals surface area contributed by atoms with Crippen LogP contribution in [0.1, 0.15) is 18.7 Å². The summed E-state index contributed by atoms with van der Waals surface area (Å²) in [6.07, 6.45) is 3.24. The highest BCUT2D eigenvalue weighted by molar-refractivity contribution is 7.89. The lowest BCUT2D eigenvalue weighted by Crippen LogP contribution is -2.40. The summed E-state index contributed by atoms with van der Waals surface area (Å²) in [4.78, 5) is 4.39. The molecule has 3 rings (SSSR count). The van der Waals surface area contributed by atoms with E-state index in [0.29, 0.717) is 35.5 Å². The quantitative estimate of drug-likeness (QED) is 0.735. The number of nitrogens with one attached hydrogen (secondary N) is 1. The van der Waals surface area contributed by atoms with E-state index < -0.39 is 10.0 Å². The lowest BCUT2D eigenvalue weighted by molar-refractivity contribution is 0.270. The van der Waals surface area contributed by atoms with Crippen LogP contribution in [0.15, 0.2) is 35.5 Å². The SMILES string of the molecule is CNCC1CCN(S(=O)(=O)c2ccc(OCc3ncnn3C)cc2)CC1.Cl. The minimum absolute atomic E-state index is 0. The number of ether oxygens (including phenoxy) is 1. The molecule has 1 N–H and O–H groups in total. The monoisotopic (exact) mass is 415 g/mol. The first-order valence-corrected chi connectivity index (χ1v) is 10.1. The number of halogens is 1. The predicted molar refractivity (Wildman–Crippen MR) is 104 cm³/mol. The van der Waals surface area contributed by atoms with Crippen LogP contribution >= 0.6 is 12.4 Å². The standard InChI is InChI=1S/C17H25N5O3S.ClH/c1-18-11-14-7-9-22(10-8-14)26(23,24)16-5-3-15(4-6-16)25-12-17-19-13-20-21(17)2;/h3-6,13-14,18H,7-12H2,1-2H3;1H. The Bertz CT molecular complexity index is 817. The Balaban J connectivity index is 0.00000261. The number of hydrogen-bond donors (Lipinski definition) is 1. The number of piperidine rings is 1. The lowest BCUT2D eigenvalue weighted by Gasteiger charge is -2.31. The van der Waals surface area contributed by atoms with Crippen molar-refractivity contribution in [3.8, 4) is 5.75 Å². The maximum absolute atomic E-state index is 12.8. The highest BCUT2D eigenvalue weighted by Crippen LogP contribution is 2.25. The highest BCUT2D eigenvalue weighted by atomic mass is 35.5. The zero-order valence-corrected chi connectivity index (χ0v) is 17.2. The van der Waals surface area contributed by atoms with Crippen LogP contribution in [0.2, 0.25) is 0 Å². The van der Waals surface area contributed by atoms with Crippen LogP contribution in [-0.4, -0.2) is 54.2 Å². The van der Waals surface area contributed by atoms with E-state index in [4.69, 9.17) is 4.74 Å². The molecule has 2 heterocycles. The third-order valence-corrected chi connectivity index (χ3v) is 6.61. The van der Waals surface area contributed by atoms with Crippen LogP contribution in [0.5, 0.6) is 5.75 Å². The van der Waals surface area contributed by atoms with Gasteiger partial charge in [-0.25, -0.2) is 13.4 Å². The van der Waals surface area contributed by atoms with Crippen molar-refractivity contribution in [1.29, 1.82) is 0 Å². The summed E-state index contributed by atoms with van der Waals surface area (Å²) in [6.45, 7) is 2.35. The Morgan fingerprint density at radius 3 is 2.44 bits per heavy atom. The number of benzene rings is 1. The number of nitrogens with zero attached hydrogens (tertiary/aromatic N) is 4. The van der Waals surface area contributed by atoms with E-state index in [1.807, 2.05) is 7.05 Å². The molecule has 0 bridgehead atoms. The Morgan fingerprint density at radius 1 is 1.22 bits per heavy atom. The fraction of sp³-hybridized carbons (Fsp3) is 0.529. The number of aryl methyl sites for hydroxylation is 1. The first-order chi connectivity index (χ1) is 12.5. The van der Waals surface area contributed by atoms with E-state index in [1.54, 1.807) is 40.3 Å². The largest absolute Gasteiger partial charge is 0.486 e. The van der Waals surface area contributed by atoms with Crippen molar-refractivity contribution in [3.05, 3.63) is 36.4 Å². The van der Waals surface area contributed by atoms with E-state index in [0.717, 1.165) is 19.4 Å². The van der Waals surface area contributed by atoms with Crippen molar-refractivity contribution >= 4 is 22.4 Å². The molecule has 1 fully saturated rings. The first kappa shape index (κ1) is 21.6. The molecule has 2 aromatic rings. The maximum atomic E-state index is 12.8. The summed E-state index contributed by atoms with van der Waals surface area (Å²) in [5.41, 5.74) is 0. The smallest absolute Gasteiger partial charge is 0.243 e. The summed E-state index contributed by atoms with van der Waals surface area (Å²) in [6, 6.07) is 6.55. The van der Waals surface area contributed by atoms with Crippen LogP contribution in [-0.2, 0) is 23.7 Å². The van der Waals surface area contributed by atoms with Gasteiger partial charge in [0.15, 0.2) is 5.82 Å². The van der Waals surface area contributed by atoms with E-state index in [1.165, 1.54) is 6.33 Å². The number of aromatic nitrogens is 3. The van der Waals surface area contributed by atoms with Crippen molar-refractivity contribution in [1.82, 2.24) is 24.4 Å². The normalized spacial score (nSPS) is 16.1. The summed E-state index contributed by atoms with van der Waals surface area (Å²) >= 11 is 0. The van der Waals surface area contributed by atoms with Crippen molar-refractivity contribution in [2.24, 2.45) is 13.0 Å². The molecule has 1 saturated heterocycles. The molecule has 0 unspecified atom stereocenters. The number of hydrogen-bond acceptors (Lipinski definition) is 6. The van der Waals surface area contributed by atoms with Gasteiger partial charge in [0.1, 0.15) is 18.7 Å². The van der Waals surface area contributed by atoms with Crippen LogP contribution in [0.3, 0.4) is 0 Å². The third-order valence-electron chi connectivity index (χ3n) is 4.70. The molecule has 0 radical (unpaired) electrons. The minimum atomic E-state index is -3.45. The average Bonchev–Trinajstić information content (AvgIpc) is 3.06. The van der Waals surface area contributed by atoms with Crippen LogP contribution < -0.4 is 10.1 Å². The van der Waals surface area contributed by atoms with Gasteiger partial charge in [0.25, 0.3) is 0 Å².